The minimum absolute atomic E-state index is 0.0554. The monoisotopic (exact) mass is 355 g/mol. The predicted octanol–water partition coefficient (Wildman–Crippen LogP) is 0.620. The van der Waals surface area contributed by atoms with Gasteiger partial charge in [-0.3, -0.25) is 18.7 Å². The van der Waals surface area contributed by atoms with Gasteiger partial charge in [0.1, 0.15) is 6.54 Å². The maximum atomic E-state index is 12.5. The number of aromatic nitrogens is 4. The summed E-state index contributed by atoms with van der Waals surface area (Å²) in [5.41, 5.74) is 1.70. The highest BCUT2D eigenvalue weighted by Crippen LogP contribution is 2.16. The number of benzene rings is 1. The number of fused-ring (bicyclic) bond motifs is 1. The number of nitrogens with one attached hydrogen (secondary N) is 1. The summed E-state index contributed by atoms with van der Waals surface area (Å²) < 4.78 is 3.77. The molecule has 3 rings (SSSR count). The zero-order chi connectivity index (χ0) is 19.0. The van der Waals surface area contributed by atoms with Crippen molar-refractivity contribution in [1.29, 1.82) is 0 Å². The summed E-state index contributed by atoms with van der Waals surface area (Å²) in [6, 6.07) is 7.68. The third kappa shape index (κ3) is 2.94. The van der Waals surface area contributed by atoms with Crippen LogP contribution in [0.25, 0.3) is 11.2 Å². The molecule has 0 aliphatic heterocycles. The molecule has 0 bridgehead atoms. The Labute approximate surface area is 149 Å². The van der Waals surface area contributed by atoms with E-state index in [2.05, 4.69) is 10.3 Å². The summed E-state index contributed by atoms with van der Waals surface area (Å²) in [7, 11) is 2.95. The molecule has 8 nitrogen and oxygen atoms in total. The van der Waals surface area contributed by atoms with E-state index in [9.17, 15) is 14.4 Å². The van der Waals surface area contributed by atoms with Crippen molar-refractivity contribution in [2.75, 3.05) is 0 Å². The highest BCUT2D eigenvalue weighted by Gasteiger charge is 2.17. The summed E-state index contributed by atoms with van der Waals surface area (Å²) in [5, 5.41) is 2.94. The first kappa shape index (κ1) is 17.7. The van der Waals surface area contributed by atoms with E-state index < -0.39 is 11.2 Å². The Morgan fingerprint density at radius 1 is 1.19 bits per heavy atom. The zero-order valence-corrected chi connectivity index (χ0v) is 15.2. The number of amides is 1. The lowest BCUT2D eigenvalue weighted by atomic mass is 10.0. The molecule has 0 radical (unpaired) electrons. The molecular formula is C18H21N5O3. The van der Waals surface area contributed by atoms with Crippen molar-refractivity contribution < 1.29 is 4.79 Å². The average molecular weight is 355 g/mol. The summed E-state index contributed by atoms with van der Waals surface area (Å²) in [5.74, 6) is -0.240. The highest BCUT2D eigenvalue weighted by molar-refractivity contribution is 5.79. The highest BCUT2D eigenvalue weighted by atomic mass is 16.2. The minimum Gasteiger partial charge on any atom is -0.348 e. The van der Waals surface area contributed by atoms with Crippen LogP contribution in [0.1, 0.15) is 24.1 Å². The quantitative estimate of drug-likeness (QED) is 0.743. The van der Waals surface area contributed by atoms with Gasteiger partial charge in [0.15, 0.2) is 11.2 Å². The summed E-state index contributed by atoms with van der Waals surface area (Å²) in [6.45, 7) is 3.85. The molecule has 2 aromatic heterocycles. The van der Waals surface area contributed by atoms with Crippen molar-refractivity contribution in [2.45, 2.75) is 26.4 Å². The fourth-order valence-corrected chi connectivity index (χ4v) is 3.11. The average Bonchev–Trinajstić information content (AvgIpc) is 3.01. The molecule has 0 spiro atoms. The molecule has 1 aromatic carbocycles. The number of nitrogens with zero attached hydrogens (tertiary/aromatic N) is 4. The summed E-state index contributed by atoms with van der Waals surface area (Å²) in [6.07, 6.45) is 1.41. The lowest BCUT2D eigenvalue weighted by Gasteiger charge is -2.17. The van der Waals surface area contributed by atoms with E-state index in [1.54, 1.807) is 7.05 Å². The molecule has 26 heavy (non-hydrogen) atoms. The van der Waals surface area contributed by atoms with Gasteiger partial charge in [0.05, 0.1) is 12.4 Å². The van der Waals surface area contributed by atoms with E-state index in [1.807, 2.05) is 38.1 Å². The maximum Gasteiger partial charge on any atom is 0.332 e. The normalized spacial score (nSPS) is 12.3. The van der Waals surface area contributed by atoms with Crippen molar-refractivity contribution >= 4 is 17.1 Å². The Hall–Kier alpha value is -3.16. The van der Waals surface area contributed by atoms with Crippen LogP contribution in [-0.2, 0) is 25.4 Å². The second-order valence-corrected chi connectivity index (χ2v) is 6.40. The molecule has 0 unspecified atom stereocenters. The maximum absolute atomic E-state index is 12.5. The Kier molecular flexibility index (Phi) is 4.50. The molecule has 0 saturated carbocycles. The Balaban J connectivity index is 1.88. The SMILES string of the molecule is Cc1ccccc1[C@H](C)NC(=O)Cn1cnc2c1c(=O)n(C)c(=O)n2C. The van der Waals surface area contributed by atoms with Crippen LogP contribution in [0, 0.1) is 6.92 Å². The Morgan fingerprint density at radius 3 is 2.58 bits per heavy atom. The molecule has 1 atom stereocenters. The van der Waals surface area contributed by atoms with Gasteiger partial charge in [0, 0.05) is 14.1 Å². The van der Waals surface area contributed by atoms with Crippen molar-refractivity contribution in [3.63, 3.8) is 0 Å². The lowest BCUT2D eigenvalue weighted by Crippen LogP contribution is -2.38. The Bertz CT molecular complexity index is 1110. The number of carbonyl (C=O) groups excluding carboxylic acids is 1. The topological polar surface area (TPSA) is 90.9 Å². The largest absolute Gasteiger partial charge is 0.348 e. The van der Waals surface area contributed by atoms with Gasteiger partial charge >= 0.3 is 5.69 Å². The van der Waals surface area contributed by atoms with E-state index in [-0.39, 0.29) is 29.7 Å². The second kappa shape index (κ2) is 6.62. The van der Waals surface area contributed by atoms with Crippen LogP contribution in [0.4, 0.5) is 0 Å². The standard InChI is InChI=1S/C18H21N5O3/c1-11-7-5-6-8-13(11)12(2)20-14(24)9-23-10-19-16-15(23)17(25)22(4)18(26)21(16)3/h5-8,10,12H,9H2,1-4H3,(H,20,24)/t12-/m0/s1. The van der Waals surface area contributed by atoms with Crippen LogP contribution in [0.2, 0.25) is 0 Å². The van der Waals surface area contributed by atoms with Crippen LogP contribution < -0.4 is 16.6 Å². The van der Waals surface area contributed by atoms with Gasteiger partial charge in [0.2, 0.25) is 5.91 Å². The van der Waals surface area contributed by atoms with E-state index in [1.165, 1.54) is 22.5 Å². The number of hydrogen-bond donors (Lipinski definition) is 1. The van der Waals surface area contributed by atoms with Crippen LogP contribution in [0.5, 0.6) is 0 Å². The zero-order valence-electron chi connectivity index (χ0n) is 15.2. The molecule has 1 N–H and O–H groups in total. The Morgan fingerprint density at radius 2 is 1.88 bits per heavy atom. The molecule has 0 saturated heterocycles. The third-order valence-corrected chi connectivity index (χ3v) is 4.56. The molecule has 2 heterocycles. The molecule has 0 fully saturated rings. The number of rotatable bonds is 4. The molecule has 1 amide bonds. The van der Waals surface area contributed by atoms with Gasteiger partial charge in [-0.1, -0.05) is 24.3 Å². The van der Waals surface area contributed by atoms with Gasteiger partial charge in [-0.15, -0.1) is 0 Å². The van der Waals surface area contributed by atoms with Gasteiger partial charge in [-0.2, -0.15) is 0 Å². The van der Waals surface area contributed by atoms with E-state index in [0.717, 1.165) is 15.7 Å². The minimum atomic E-state index is -0.472. The van der Waals surface area contributed by atoms with Crippen molar-refractivity contribution in [1.82, 2.24) is 24.0 Å². The van der Waals surface area contributed by atoms with Crippen molar-refractivity contribution in [2.24, 2.45) is 14.1 Å². The first-order valence-corrected chi connectivity index (χ1v) is 8.27. The molecule has 8 heteroatoms. The number of imidazole rings is 1. The summed E-state index contributed by atoms with van der Waals surface area (Å²) >= 11 is 0. The molecule has 0 aliphatic rings. The molecule has 136 valence electrons. The number of aryl methyl sites for hydroxylation is 2. The first-order valence-electron chi connectivity index (χ1n) is 8.27. The molecular weight excluding hydrogens is 334 g/mol. The number of carbonyl (C=O) groups is 1. The molecule has 3 aromatic rings. The summed E-state index contributed by atoms with van der Waals surface area (Å²) in [4.78, 5) is 41.0. The van der Waals surface area contributed by atoms with Gasteiger partial charge < -0.3 is 9.88 Å². The number of hydrogen-bond acceptors (Lipinski definition) is 4. The van der Waals surface area contributed by atoms with Crippen molar-refractivity contribution in [3.8, 4) is 0 Å². The van der Waals surface area contributed by atoms with E-state index >= 15 is 0 Å². The lowest BCUT2D eigenvalue weighted by molar-refractivity contribution is -0.122. The van der Waals surface area contributed by atoms with Crippen LogP contribution >= 0.6 is 0 Å². The van der Waals surface area contributed by atoms with Crippen molar-refractivity contribution in [3.05, 3.63) is 62.6 Å². The van der Waals surface area contributed by atoms with Crippen LogP contribution in [0.15, 0.2) is 40.2 Å². The third-order valence-electron chi connectivity index (χ3n) is 4.56. The smallest absolute Gasteiger partial charge is 0.332 e. The molecule has 0 aliphatic carbocycles. The first-order chi connectivity index (χ1) is 12.3. The fourth-order valence-electron chi connectivity index (χ4n) is 3.11. The van der Waals surface area contributed by atoms with E-state index in [4.69, 9.17) is 0 Å². The van der Waals surface area contributed by atoms with Crippen LogP contribution in [-0.4, -0.2) is 24.6 Å². The van der Waals surface area contributed by atoms with E-state index in [0.29, 0.717) is 0 Å². The fraction of sp³-hybridized carbons (Fsp3) is 0.333. The van der Waals surface area contributed by atoms with Gasteiger partial charge in [-0.25, -0.2) is 9.78 Å². The van der Waals surface area contributed by atoms with Crippen LogP contribution in [0.3, 0.4) is 0 Å². The predicted molar refractivity (Wildman–Crippen MR) is 98.0 cm³/mol. The second-order valence-electron chi connectivity index (χ2n) is 6.40. The van der Waals surface area contributed by atoms with Gasteiger partial charge in [0.25, 0.3) is 5.56 Å². The van der Waals surface area contributed by atoms with Gasteiger partial charge in [-0.05, 0) is 25.0 Å².